The van der Waals surface area contributed by atoms with E-state index < -0.39 is 0 Å². The molecule has 3 aromatic rings. The Hall–Kier alpha value is -3.22. The molecular weight excluding hydrogens is 335 g/mol. The van der Waals surface area contributed by atoms with Crippen molar-refractivity contribution in [3.63, 3.8) is 0 Å². The highest BCUT2D eigenvalue weighted by molar-refractivity contribution is 6.03. The average Bonchev–Trinajstić information content (AvgIpc) is 3.03. The summed E-state index contributed by atoms with van der Waals surface area (Å²) in [6.07, 6.45) is 0.932. The summed E-state index contributed by atoms with van der Waals surface area (Å²) in [5.41, 5.74) is 2.04. The maximum atomic E-state index is 13.1. The van der Waals surface area contributed by atoms with Crippen LogP contribution in [-0.2, 0) is 0 Å². The number of halogens is 1. The number of aromatic nitrogens is 3. The molecule has 0 atom stereocenters. The first-order valence-electron chi connectivity index (χ1n) is 8.31. The Morgan fingerprint density at radius 3 is 2.50 bits per heavy atom. The zero-order chi connectivity index (χ0) is 18.5. The average molecular weight is 354 g/mol. The minimum absolute atomic E-state index is 0.209. The van der Waals surface area contributed by atoms with Gasteiger partial charge in [-0.3, -0.25) is 4.79 Å². The van der Waals surface area contributed by atoms with Gasteiger partial charge in [-0.2, -0.15) is 0 Å². The molecule has 1 aromatic heterocycles. The Labute approximate surface area is 150 Å². The first-order valence-corrected chi connectivity index (χ1v) is 8.31. The molecule has 0 aliphatic rings. The quantitative estimate of drug-likeness (QED) is 0.732. The van der Waals surface area contributed by atoms with Gasteiger partial charge < -0.3 is 10.1 Å². The summed E-state index contributed by atoms with van der Waals surface area (Å²) < 4.78 is 20.1. The van der Waals surface area contributed by atoms with Gasteiger partial charge in [0.2, 0.25) is 0 Å². The van der Waals surface area contributed by atoms with Crippen LogP contribution in [0.5, 0.6) is 5.75 Å². The van der Waals surface area contributed by atoms with Gasteiger partial charge in [-0.05, 0) is 61.9 Å². The number of carbonyl (C=O) groups is 1. The van der Waals surface area contributed by atoms with E-state index in [2.05, 4.69) is 15.6 Å². The molecule has 6 nitrogen and oxygen atoms in total. The summed E-state index contributed by atoms with van der Waals surface area (Å²) in [6, 6.07) is 12.9. The maximum absolute atomic E-state index is 13.1. The number of carbonyl (C=O) groups excluding carboxylic acids is 1. The highest BCUT2D eigenvalue weighted by atomic mass is 19.1. The molecule has 0 radical (unpaired) electrons. The lowest BCUT2D eigenvalue weighted by Crippen LogP contribution is -2.14. The molecule has 0 aliphatic carbocycles. The van der Waals surface area contributed by atoms with Crippen LogP contribution in [0.2, 0.25) is 0 Å². The number of hydrogen-bond donors (Lipinski definition) is 1. The molecule has 0 bridgehead atoms. The van der Waals surface area contributed by atoms with E-state index >= 15 is 0 Å². The van der Waals surface area contributed by atoms with Crippen molar-refractivity contribution in [2.45, 2.75) is 20.3 Å². The third-order valence-electron chi connectivity index (χ3n) is 3.77. The fourth-order valence-corrected chi connectivity index (χ4v) is 2.41. The molecule has 0 unspecified atom stereocenters. The fourth-order valence-electron chi connectivity index (χ4n) is 2.41. The van der Waals surface area contributed by atoms with E-state index in [4.69, 9.17) is 4.74 Å². The smallest absolute Gasteiger partial charge is 0.278 e. The second-order valence-electron chi connectivity index (χ2n) is 5.74. The molecule has 134 valence electrons. The van der Waals surface area contributed by atoms with Crippen molar-refractivity contribution in [1.29, 1.82) is 0 Å². The van der Waals surface area contributed by atoms with Gasteiger partial charge in [0.1, 0.15) is 11.6 Å². The zero-order valence-corrected chi connectivity index (χ0v) is 14.6. The Morgan fingerprint density at radius 1 is 1.15 bits per heavy atom. The van der Waals surface area contributed by atoms with Crippen molar-refractivity contribution in [1.82, 2.24) is 15.0 Å². The van der Waals surface area contributed by atoms with Crippen molar-refractivity contribution < 1.29 is 13.9 Å². The molecule has 1 N–H and O–H groups in total. The van der Waals surface area contributed by atoms with Crippen LogP contribution in [0.3, 0.4) is 0 Å². The number of ether oxygens (including phenoxy) is 1. The summed E-state index contributed by atoms with van der Waals surface area (Å²) in [6.45, 7) is 4.42. The third-order valence-corrected chi connectivity index (χ3v) is 3.77. The molecule has 26 heavy (non-hydrogen) atoms. The Bertz CT molecular complexity index is 889. The van der Waals surface area contributed by atoms with Gasteiger partial charge in [0.05, 0.1) is 18.0 Å². The number of nitrogens with one attached hydrogen (secondary N) is 1. The molecule has 0 aliphatic heterocycles. The van der Waals surface area contributed by atoms with Crippen molar-refractivity contribution in [3.05, 3.63) is 65.7 Å². The number of benzene rings is 2. The van der Waals surface area contributed by atoms with Crippen molar-refractivity contribution in [3.8, 4) is 11.4 Å². The van der Waals surface area contributed by atoms with Crippen LogP contribution in [0.15, 0.2) is 48.5 Å². The lowest BCUT2D eigenvalue weighted by molar-refractivity contribution is 0.102. The first-order chi connectivity index (χ1) is 12.6. The summed E-state index contributed by atoms with van der Waals surface area (Å²) >= 11 is 0. The minimum atomic E-state index is -0.363. The maximum Gasteiger partial charge on any atom is 0.278 e. The molecule has 1 heterocycles. The van der Waals surface area contributed by atoms with Crippen LogP contribution in [0, 0.1) is 12.7 Å². The summed E-state index contributed by atoms with van der Waals surface area (Å²) in [7, 11) is 0. The van der Waals surface area contributed by atoms with Crippen LogP contribution in [-0.4, -0.2) is 27.5 Å². The van der Waals surface area contributed by atoms with E-state index in [0.29, 0.717) is 23.7 Å². The SMILES string of the molecule is CCCOc1ccc(NC(=O)c2nnn(-c3ccc(F)cc3)c2C)cc1. The Kier molecular flexibility index (Phi) is 5.26. The largest absolute Gasteiger partial charge is 0.494 e. The highest BCUT2D eigenvalue weighted by Crippen LogP contribution is 2.18. The number of nitrogens with zero attached hydrogens (tertiary/aromatic N) is 3. The first kappa shape index (κ1) is 17.6. The van der Waals surface area contributed by atoms with E-state index in [9.17, 15) is 9.18 Å². The molecule has 0 spiro atoms. The van der Waals surface area contributed by atoms with Gasteiger partial charge >= 0.3 is 0 Å². The van der Waals surface area contributed by atoms with Crippen LogP contribution < -0.4 is 10.1 Å². The topological polar surface area (TPSA) is 69.0 Å². The number of hydrogen-bond acceptors (Lipinski definition) is 4. The summed E-state index contributed by atoms with van der Waals surface area (Å²) in [4.78, 5) is 12.5. The van der Waals surface area contributed by atoms with E-state index in [1.54, 1.807) is 43.3 Å². The zero-order valence-electron chi connectivity index (χ0n) is 14.6. The Morgan fingerprint density at radius 2 is 1.85 bits per heavy atom. The van der Waals surface area contributed by atoms with Crippen molar-refractivity contribution in [2.75, 3.05) is 11.9 Å². The summed E-state index contributed by atoms with van der Waals surface area (Å²) in [5.74, 6) is 0.0530. The molecular formula is C19H19FN4O2. The van der Waals surface area contributed by atoms with E-state index in [-0.39, 0.29) is 17.4 Å². The number of rotatable bonds is 6. The van der Waals surface area contributed by atoms with Crippen molar-refractivity contribution >= 4 is 11.6 Å². The predicted molar refractivity (Wildman–Crippen MR) is 96.2 cm³/mol. The van der Waals surface area contributed by atoms with Gasteiger partial charge in [0, 0.05) is 5.69 Å². The van der Waals surface area contributed by atoms with Crippen molar-refractivity contribution in [2.24, 2.45) is 0 Å². The molecule has 0 saturated carbocycles. The minimum Gasteiger partial charge on any atom is -0.494 e. The van der Waals surface area contributed by atoms with Crippen LogP contribution in [0.1, 0.15) is 29.5 Å². The predicted octanol–water partition coefficient (Wildman–Crippen LogP) is 3.76. The number of amides is 1. The van der Waals surface area contributed by atoms with E-state index in [1.165, 1.54) is 16.8 Å². The van der Waals surface area contributed by atoms with Crippen LogP contribution in [0.25, 0.3) is 5.69 Å². The van der Waals surface area contributed by atoms with E-state index in [1.807, 2.05) is 6.92 Å². The third kappa shape index (κ3) is 3.88. The molecule has 7 heteroatoms. The number of anilines is 1. The Balaban J connectivity index is 1.73. The van der Waals surface area contributed by atoms with Crippen LogP contribution in [0.4, 0.5) is 10.1 Å². The molecule has 1 amide bonds. The fraction of sp³-hybridized carbons (Fsp3) is 0.211. The molecule has 0 saturated heterocycles. The van der Waals surface area contributed by atoms with Gasteiger partial charge in [-0.15, -0.1) is 5.10 Å². The lowest BCUT2D eigenvalue weighted by Gasteiger charge is -2.07. The van der Waals surface area contributed by atoms with Crippen LogP contribution >= 0.6 is 0 Å². The highest BCUT2D eigenvalue weighted by Gasteiger charge is 2.17. The molecule has 3 rings (SSSR count). The standard InChI is InChI=1S/C19H19FN4O2/c1-3-12-26-17-10-6-15(7-11-17)21-19(25)18-13(2)24(23-22-18)16-8-4-14(20)5-9-16/h4-11H,3,12H2,1-2H3,(H,21,25). The van der Waals surface area contributed by atoms with E-state index in [0.717, 1.165) is 12.2 Å². The second kappa shape index (κ2) is 7.77. The van der Waals surface area contributed by atoms with Gasteiger partial charge in [0.25, 0.3) is 5.91 Å². The molecule has 2 aromatic carbocycles. The summed E-state index contributed by atoms with van der Waals surface area (Å²) in [5, 5.41) is 10.7. The monoisotopic (exact) mass is 354 g/mol. The second-order valence-corrected chi connectivity index (χ2v) is 5.74. The van der Waals surface area contributed by atoms with Gasteiger partial charge in [-0.25, -0.2) is 9.07 Å². The molecule has 0 fully saturated rings. The van der Waals surface area contributed by atoms with Gasteiger partial charge in [0.15, 0.2) is 5.69 Å². The lowest BCUT2D eigenvalue weighted by atomic mass is 10.2. The normalized spacial score (nSPS) is 10.6. The van der Waals surface area contributed by atoms with Gasteiger partial charge in [-0.1, -0.05) is 12.1 Å².